The van der Waals surface area contributed by atoms with E-state index in [0.29, 0.717) is 6.42 Å². The van der Waals surface area contributed by atoms with Crippen LogP contribution in [0.15, 0.2) is 85.1 Å². The van der Waals surface area contributed by atoms with Crippen LogP contribution in [0.5, 0.6) is 0 Å². The van der Waals surface area contributed by atoms with Crippen molar-refractivity contribution in [3.8, 4) is 0 Å². The van der Waals surface area contributed by atoms with E-state index in [2.05, 4.69) is 40.2 Å². The van der Waals surface area contributed by atoms with Crippen molar-refractivity contribution in [3.63, 3.8) is 0 Å². The molecule has 148 valence electrons. The van der Waals surface area contributed by atoms with E-state index in [1.54, 1.807) is 0 Å². The number of carbonyl (C=O) groups is 1. The Balaban J connectivity index is 1.39. The van der Waals surface area contributed by atoms with Gasteiger partial charge >= 0.3 is 0 Å². The van der Waals surface area contributed by atoms with Gasteiger partial charge in [0.15, 0.2) is 0 Å². The summed E-state index contributed by atoms with van der Waals surface area (Å²) in [6, 6.07) is 26.7. The predicted octanol–water partition coefficient (Wildman–Crippen LogP) is 3.95. The van der Waals surface area contributed by atoms with Crippen molar-refractivity contribution in [2.45, 2.75) is 18.9 Å². The molecule has 0 bridgehead atoms. The Morgan fingerprint density at radius 1 is 0.793 bits per heavy atom. The zero-order valence-corrected chi connectivity index (χ0v) is 16.7. The first-order valence-electron chi connectivity index (χ1n) is 10.3. The second-order valence-corrected chi connectivity index (χ2v) is 7.56. The van der Waals surface area contributed by atoms with Crippen LogP contribution in [0.3, 0.4) is 0 Å². The van der Waals surface area contributed by atoms with Crippen molar-refractivity contribution >= 4 is 5.91 Å². The van der Waals surface area contributed by atoms with E-state index in [1.165, 1.54) is 11.1 Å². The molecule has 2 aromatic carbocycles. The highest BCUT2D eigenvalue weighted by Crippen LogP contribution is 2.28. The number of benzene rings is 2. The molecule has 0 spiro atoms. The second-order valence-electron chi connectivity index (χ2n) is 7.56. The average molecular weight is 386 g/mol. The maximum atomic E-state index is 13.1. The maximum Gasteiger partial charge on any atom is 0.223 e. The fourth-order valence-electron chi connectivity index (χ4n) is 3.98. The molecular formula is C25H27N3O. The van der Waals surface area contributed by atoms with E-state index in [0.717, 1.165) is 38.4 Å². The zero-order valence-electron chi connectivity index (χ0n) is 16.7. The molecule has 0 unspecified atom stereocenters. The first-order valence-corrected chi connectivity index (χ1v) is 10.3. The lowest BCUT2D eigenvalue weighted by molar-refractivity contribution is -0.133. The van der Waals surface area contributed by atoms with Gasteiger partial charge < -0.3 is 4.90 Å². The minimum atomic E-state index is 0.0939. The van der Waals surface area contributed by atoms with Crippen molar-refractivity contribution in [1.29, 1.82) is 0 Å². The highest BCUT2D eigenvalue weighted by molar-refractivity contribution is 5.78. The molecule has 4 rings (SSSR count). The predicted molar refractivity (Wildman–Crippen MR) is 115 cm³/mol. The van der Waals surface area contributed by atoms with Gasteiger partial charge in [-0.15, -0.1) is 0 Å². The fourth-order valence-corrected chi connectivity index (χ4v) is 3.98. The molecule has 1 fully saturated rings. The molecule has 1 aromatic heterocycles. The molecule has 0 aliphatic carbocycles. The summed E-state index contributed by atoms with van der Waals surface area (Å²) in [6.45, 7) is 4.19. The van der Waals surface area contributed by atoms with E-state index in [9.17, 15) is 4.79 Å². The Labute approximate surface area is 172 Å². The zero-order chi connectivity index (χ0) is 19.9. The number of hydrogen-bond donors (Lipinski definition) is 0. The summed E-state index contributed by atoms with van der Waals surface area (Å²) in [7, 11) is 0. The molecule has 1 amide bonds. The Bertz CT molecular complexity index is 852. The van der Waals surface area contributed by atoms with Crippen LogP contribution in [0.2, 0.25) is 0 Å². The molecule has 29 heavy (non-hydrogen) atoms. The van der Waals surface area contributed by atoms with Crippen LogP contribution in [0, 0.1) is 0 Å². The number of nitrogens with zero attached hydrogens (tertiary/aromatic N) is 3. The second kappa shape index (κ2) is 9.48. The van der Waals surface area contributed by atoms with Crippen molar-refractivity contribution in [3.05, 3.63) is 102 Å². The van der Waals surface area contributed by atoms with Gasteiger partial charge in [0.1, 0.15) is 0 Å². The Hall–Kier alpha value is -2.98. The van der Waals surface area contributed by atoms with Crippen molar-refractivity contribution in [2.24, 2.45) is 0 Å². The summed E-state index contributed by atoms with van der Waals surface area (Å²) in [6.07, 6.45) is 2.34. The highest BCUT2D eigenvalue weighted by atomic mass is 16.2. The summed E-state index contributed by atoms with van der Waals surface area (Å²) >= 11 is 0. The van der Waals surface area contributed by atoms with E-state index in [-0.39, 0.29) is 11.8 Å². The van der Waals surface area contributed by atoms with E-state index >= 15 is 0 Å². The van der Waals surface area contributed by atoms with Gasteiger partial charge in [-0.2, -0.15) is 0 Å². The van der Waals surface area contributed by atoms with Crippen LogP contribution in [-0.4, -0.2) is 46.9 Å². The number of piperazine rings is 1. The first kappa shape index (κ1) is 19.3. The molecule has 4 nitrogen and oxygen atoms in total. The third-order valence-electron chi connectivity index (χ3n) is 5.62. The van der Waals surface area contributed by atoms with E-state index < -0.39 is 0 Å². The SMILES string of the molecule is O=C(CC(c1ccccc1)c1ccccc1)N1CCN(Cc2ccccn2)CC1. The lowest BCUT2D eigenvalue weighted by atomic mass is 9.88. The molecule has 0 radical (unpaired) electrons. The first-order chi connectivity index (χ1) is 14.3. The number of pyridine rings is 1. The quantitative estimate of drug-likeness (QED) is 0.645. The number of rotatable bonds is 6. The standard InChI is InChI=1S/C25H27N3O/c29-25(28-17-15-27(16-18-28)20-23-13-7-8-14-26-23)19-24(21-9-3-1-4-10-21)22-11-5-2-6-12-22/h1-14,24H,15-20H2. The van der Waals surface area contributed by atoms with Gasteiger partial charge in [0.2, 0.25) is 5.91 Å². The highest BCUT2D eigenvalue weighted by Gasteiger charge is 2.25. The number of hydrogen-bond acceptors (Lipinski definition) is 3. The van der Waals surface area contributed by atoms with Crippen molar-refractivity contribution < 1.29 is 4.79 Å². The van der Waals surface area contributed by atoms with Gasteiger partial charge in [-0.05, 0) is 23.3 Å². The van der Waals surface area contributed by atoms with Gasteiger partial charge in [0.05, 0.1) is 5.69 Å². The fraction of sp³-hybridized carbons (Fsp3) is 0.280. The molecule has 1 aliphatic heterocycles. The van der Waals surface area contributed by atoms with Gasteiger partial charge in [0, 0.05) is 51.3 Å². The minimum absolute atomic E-state index is 0.0939. The molecule has 4 heteroatoms. The largest absolute Gasteiger partial charge is 0.340 e. The monoisotopic (exact) mass is 385 g/mol. The van der Waals surface area contributed by atoms with Gasteiger partial charge in [0.25, 0.3) is 0 Å². The van der Waals surface area contributed by atoms with Gasteiger partial charge in [-0.25, -0.2) is 0 Å². The summed E-state index contributed by atoms with van der Waals surface area (Å²) < 4.78 is 0. The molecule has 2 heterocycles. The van der Waals surface area contributed by atoms with E-state index in [4.69, 9.17) is 0 Å². The Kier molecular flexibility index (Phi) is 6.32. The van der Waals surface area contributed by atoms with Gasteiger partial charge in [-0.1, -0.05) is 66.7 Å². The maximum absolute atomic E-state index is 13.1. The number of aromatic nitrogens is 1. The summed E-state index contributed by atoms with van der Waals surface area (Å²) in [5.74, 6) is 0.330. The van der Waals surface area contributed by atoms with Crippen molar-refractivity contribution in [1.82, 2.24) is 14.8 Å². The third-order valence-corrected chi connectivity index (χ3v) is 5.62. The van der Waals surface area contributed by atoms with Crippen LogP contribution in [0.4, 0.5) is 0 Å². The molecular weight excluding hydrogens is 358 g/mol. The smallest absolute Gasteiger partial charge is 0.223 e. The number of carbonyl (C=O) groups excluding carboxylic acids is 1. The Morgan fingerprint density at radius 3 is 1.93 bits per heavy atom. The lowest BCUT2D eigenvalue weighted by Gasteiger charge is -2.35. The summed E-state index contributed by atoms with van der Waals surface area (Å²) in [5.41, 5.74) is 3.47. The number of amides is 1. The lowest BCUT2D eigenvalue weighted by Crippen LogP contribution is -2.48. The Morgan fingerprint density at radius 2 is 1.38 bits per heavy atom. The molecule has 1 aliphatic rings. The average Bonchev–Trinajstić information content (AvgIpc) is 2.80. The molecule has 0 N–H and O–H groups in total. The summed E-state index contributed by atoms with van der Waals surface area (Å²) in [4.78, 5) is 21.9. The molecule has 0 saturated carbocycles. The van der Waals surface area contributed by atoms with Crippen LogP contribution in [-0.2, 0) is 11.3 Å². The van der Waals surface area contributed by atoms with Crippen LogP contribution < -0.4 is 0 Å². The topological polar surface area (TPSA) is 36.4 Å². The normalized spacial score (nSPS) is 14.9. The van der Waals surface area contributed by atoms with E-state index in [1.807, 2.05) is 59.6 Å². The van der Waals surface area contributed by atoms with Gasteiger partial charge in [-0.3, -0.25) is 14.7 Å². The minimum Gasteiger partial charge on any atom is -0.340 e. The molecule has 0 atom stereocenters. The molecule has 3 aromatic rings. The third kappa shape index (κ3) is 5.09. The van der Waals surface area contributed by atoms with Crippen LogP contribution in [0.1, 0.15) is 29.2 Å². The molecule has 1 saturated heterocycles. The van der Waals surface area contributed by atoms with Crippen molar-refractivity contribution in [2.75, 3.05) is 26.2 Å². The van der Waals surface area contributed by atoms with Crippen LogP contribution in [0.25, 0.3) is 0 Å². The summed E-state index contributed by atoms with van der Waals surface area (Å²) in [5, 5.41) is 0. The van der Waals surface area contributed by atoms with Crippen LogP contribution >= 0.6 is 0 Å².